The van der Waals surface area contributed by atoms with E-state index in [1.807, 2.05) is 19.9 Å². The smallest absolute Gasteiger partial charge is 0.308 e. The molecule has 31 heavy (non-hydrogen) atoms. The molecular formula is C21H23N3O5S2. The lowest BCUT2D eigenvalue weighted by atomic mass is 10.1. The summed E-state index contributed by atoms with van der Waals surface area (Å²) in [7, 11) is -3.83. The lowest BCUT2D eigenvalue weighted by Gasteiger charge is -2.26. The summed E-state index contributed by atoms with van der Waals surface area (Å²) in [6, 6.07) is 9.93. The van der Waals surface area contributed by atoms with E-state index in [-0.39, 0.29) is 22.2 Å². The second kappa shape index (κ2) is 8.45. The average Bonchev–Trinajstić information content (AvgIpc) is 3.06. The zero-order chi connectivity index (χ0) is 22.2. The van der Waals surface area contributed by atoms with Gasteiger partial charge < -0.3 is 9.64 Å². The molecule has 0 aliphatic carbocycles. The molecule has 1 aromatic heterocycles. The van der Waals surface area contributed by atoms with Crippen LogP contribution in [-0.2, 0) is 26.1 Å². The van der Waals surface area contributed by atoms with Gasteiger partial charge >= 0.3 is 4.87 Å². The highest BCUT2D eigenvalue weighted by atomic mass is 32.2. The minimum Gasteiger partial charge on any atom is -0.378 e. The van der Waals surface area contributed by atoms with Crippen LogP contribution in [0.1, 0.15) is 11.1 Å². The largest absolute Gasteiger partial charge is 0.378 e. The maximum atomic E-state index is 12.9. The molecule has 1 saturated heterocycles. The van der Waals surface area contributed by atoms with E-state index in [0.717, 1.165) is 22.5 Å². The third kappa shape index (κ3) is 4.36. The van der Waals surface area contributed by atoms with Crippen LogP contribution in [0.3, 0.4) is 0 Å². The fourth-order valence-corrected chi connectivity index (χ4v) is 5.63. The summed E-state index contributed by atoms with van der Waals surface area (Å²) in [6.45, 7) is 5.67. The standard InChI is InChI=1S/C21H23N3O5S2/c1-14-4-3-5-17(15(14)2)22-31(27,28)16-6-7-18-19(12-16)30-21(26)24(18)13-20(25)23-8-10-29-11-9-23/h3-7,12,22H,8-11,13H2,1-2H3. The molecule has 0 bridgehead atoms. The van der Waals surface area contributed by atoms with Crippen LogP contribution >= 0.6 is 11.3 Å². The first kappa shape index (κ1) is 21.5. The fraction of sp³-hybridized carbons (Fsp3) is 0.333. The Hall–Kier alpha value is -2.69. The zero-order valence-corrected chi connectivity index (χ0v) is 18.9. The Kier molecular flexibility index (Phi) is 5.87. The van der Waals surface area contributed by atoms with Crippen molar-refractivity contribution in [3.63, 3.8) is 0 Å². The number of nitrogens with one attached hydrogen (secondary N) is 1. The van der Waals surface area contributed by atoms with Gasteiger partial charge in [0.15, 0.2) is 0 Å². The summed E-state index contributed by atoms with van der Waals surface area (Å²) in [5.41, 5.74) is 2.89. The van der Waals surface area contributed by atoms with Gasteiger partial charge in [0.2, 0.25) is 5.91 Å². The van der Waals surface area contributed by atoms with Crippen LogP contribution in [0.25, 0.3) is 10.2 Å². The summed E-state index contributed by atoms with van der Waals surface area (Å²) in [5.74, 6) is -0.154. The first-order chi connectivity index (χ1) is 14.8. The molecule has 8 nitrogen and oxygen atoms in total. The average molecular weight is 462 g/mol. The Morgan fingerprint density at radius 3 is 2.65 bits per heavy atom. The summed E-state index contributed by atoms with van der Waals surface area (Å²) >= 11 is 0.929. The van der Waals surface area contributed by atoms with Crippen molar-refractivity contribution in [3.05, 3.63) is 57.2 Å². The predicted molar refractivity (Wildman–Crippen MR) is 120 cm³/mol. The van der Waals surface area contributed by atoms with Crippen molar-refractivity contribution in [1.29, 1.82) is 0 Å². The van der Waals surface area contributed by atoms with Gasteiger partial charge in [-0.3, -0.25) is 18.9 Å². The van der Waals surface area contributed by atoms with Gasteiger partial charge in [0, 0.05) is 13.1 Å². The normalized spacial score (nSPS) is 14.7. The lowest BCUT2D eigenvalue weighted by Crippen LogP contribution is -2.43. The zero-order valence-electron chi connectivity index (χ0n) is 17.3. The van der Waals surface area contributed by atoms with Gasteiger partial charge in [-0.05, 0) is 49.2 Å². The molecule has 1 amide bonds. The van der Waals surface area contributed by atoms with Gasteiger partial charge in [0.25, 0.3) is 10.0 Å². The number of sulfonamides is 1. The molecule has 1 aliphatic rings. The van der Waals surface area contributed by atoms with Crippen molar-refractivity contribution >= 4 is 43.2 Å². The second-order valence-electron chi connectivity index (χ2n) is 7.43. The Labute approximate surface area is 184 Å². The van der Waals surface area contributed by atoms with Gasteiger partial charge in [-0.25, -0.2) is 8.42 Å². The Bertz CT molecular complexity index is 1300. The van der Waals surface area contributed by atoms with Gasteiger partial charge in [-0.2, -0.15) is 0 Å². The third-order valence-corrected chi connectivity index (χ3v) is 7.76. The van der Waals surface area contributed by atoms with Gasteiger partial charge in [0.05, 0.1) is 34.0 Å². The van der Waals surface area contributed by atoms with E-state index in [1.165, 1.54) is 16.7 Å². The number of fused-ring (bicyclic) bond motifs is 1. The maximum Gasteiger partial charge on any atom is 0.308 e. The number of amides is 1. The number of ether oxygens (including phenoxy) is 1. The lowest BCUT2D eigenvalue weighted by molar-refractivity contribution is -0.135. The van der Waals surface area contributed by atoms with Crippen LogP contribution < -0.4 is 9.60 Å². The van der Waals surface area contributed by atoms with E-state index in [9.17, 15) is 18.0 Å². The van der Waals surface area contributed by atoms with Crippen LogP contribution in [0, 0.1) is 13.8 Å². The molecule has 10 heteroatoms. The molecule has 0 saturated carbocycles. The summed E-state index contributed by atoms with van der Waals surface area (Å²) in [5, 5.41) is 0. The number of anilines is 1. The monoisotopic (exact) mass is 461 g/mol. The summed E-state index contributed by atoms with van der Waals surface area (Å²) < 4.78 is 35.6. The van der Waals surface area contributed by atoms with Crippen LogP contribution in [0.4, 0.5) is 5.69 Å². The number of nitrogens with zero attached hydrogens (tertiary/aromatic N) is 2. The number of hydrogen-bond acceptors (Lipinski definition) is 6. The minimum atomic E-state index is -3.83. The number of aromatic nitrogens is 1. The quantitative estimate of drug-likeness (QED) is 0.629. The van der Waals surface area contributed by atoms with E-state index in [4.69, 9.17) is 4.74 Å². The molecule has 2 heterocycles. The van der Waals surface area contributed by atoms with Crippen LogP contribution in [-0.4, -0.2) is 50.1 Å². The first-order valence-corrected chi connectivity index (χ1v) is 12.1. The predicted octanol–water partition coefficient (Wildman–Crippen LogP) is 2.34. The van der Waals surface area contributed by atoms with Crippen molar-refractivity contribution in [2.75, 3.05) is 31.0 Å². The van der Waals surface area contributed by atoms with Gasteiger partial charge in [-0.1, -0.05) is 23.5 Å². The van der Waals surface area contributed by atoms with Crippen molar-refractivity contribution < 1.29 is 17.9 Å². The maximum absolute atomic E-state index is 12.9. The van der Waals surface area contributed by atoms with Crippen molar-refractivity contribution in [2.24, 2.45) is 0 Å². The fourth-order valence-electron chi connectivity index (χ4n) is 3.48. The first-order valence-electron chi connectivity index (χ1n) is 9.84. The Morgan fingerprint density at radius 2 is 1.90 bits per heavy atom. The topological polar surface area (TPSA) is 97.7 Å². The molecular weight excluding hydrogens is 438 g/mol. The highest BCUT2D eigenvalue weighted by molar-refractivity contribution is 7.92. The van der Waals surface area contributed by atoms with E-state index < -0.39 is 10.0 Å². The number of thiazole rings is 1. The molecule has 0 unspecified atom stereocenters. The van der Waals surface area contributed by atoms with E-state index in [0.29, 0.717) is 42.2 Å². The van der Waals surface area contributed by atoms with Crippen molar-refractivity contribution in [2.45, 2.75) is 25.3 Å². The highest BCUT2D eigenvalue weighted by Gasteiger charge is 2.21. The number of aryl methyl sites for hydroxylation is 1. The van der Waals surface area contributed by atoms with Crippen LogP contribution in [0.15, 0.2) is 46.1 Å². The molecule has 4 rings (SSSR count). The van der Waals surface area contributed by atoms with Crippen LogP contribution in [0.2, 0.25) is 0 Å². The van der Waals surface area contributed by atoms with E-state index in [1.54, 1.807) is 23.1 Å². The van der Waals surface area contributed by atoms with Crippen molar-refractivity contribution in [1.82, 2.24) is 9.47 Å². The molecule has 0 radical (unpaired) electrons. The molecule has 164 valence electrons. The number of rotatable bonds is 5. The molecule has 1 N–H and O–H groups in total. The highest BCUT2D eigenvalue weighted by Crippen LogP contribution is 2.25. The molecule has 1 fully saturated rings. The van der Waals surface area contributed by atoms with Gasteiger partial charge in [-0.15, -0.1) is 0 Å². The van der Waals surface area contributed by atoms with E-state index >= 15 is 0 Å². The van der Waals surface area contributed by atoms with Gasteiger partial charge in [0.1, 0.15) is 6.54 Å². The Balaban J connectivity index is 1.62. The van der Waals surface area contributed by atoms with E-state index in [2.05, 4.69) is 4.72 Å². The SMILES string of the molecule is Cc1cccc(NS(=O)(=O)c2ccc3c(c2)sc(=O)n3CC(=O)N2CCOCC2)c1C. The summed E-state index contributed by atoms with van der Waals surface area (Å²) in [4.78, 5) is 26.5. The Morgan fingerprint density at radius 1 is 1.16 bits per heavy atom. The van der Waals surface area contributed by atoms with Crippen LogP contribution in [0.5, 0.6) is 0 Å². The molecule has 3 aromatic rings. The molecule has 0 atom stereocenters. The summed E-state index contributed by atoms with van der Waals surface area (Å²) in [6.07, 6.45) is 0. The molecule has 0 spiro atoms. The minimum absolute atomic E-state index is 0.0637. The number of carbonyl (C=O) groups excluding carboxylic acids is 1. The number of morpholine rings is 1. The second-order valence-corrected chi connectivity index (χ2v) is 10.1. The number of benzene rings is 2. The number of carbonyl (C=O) groups is 1. The molecule has 2 aromatic carbocycles. The number of hydrogen-bond donors (Lipinski definition) is 1. The molecule has 1 aliphatic heterocycles. The third-order valence-electron chi connectivity index (χ3n) is 5.46. The van der Waals surface area contributed by atoms with Crippen molar-refractivity contribution in [3.8, 4) is 0 Å².